The highest BCUT2D eigenvalue weighted by molar-refractivity contribution is 6.01. The molecule has 0 radical (unpaired) electrons. The number of tetrazole rings is 1. The van der Waals surface area contributed by atoms with E-state index in [2.05, 4.69) is 110 Å². The van der Waals surface area contributed by atoms with Gasteiger partial charge in [-0.25, -0.2) is 10.1 Å². The van der Waals surface area contributed by atoms with E-state index in [0.29, 0.717) is 43.2 Å². The number of primary amides is 1. The predicted octanol–water partition coefficient (Wildman–Crippen LogP) is -0.817. The number of benzene rings is 2. The van der Waals surface area contributed by atoms with Crippen molar-refractivity contribution in [1.82, 2.24) is 120 Å². The van der Waals surface area contributed by atoms with Gasteiger partial charge in [-0.15, -0.1) is 5.10 Å². The van der Waals surface area contributed by atoms with Gasteiger partial charge in [-0.3, -0.25) is 82.1 Å². The molecule has 45 nitrogen and oxygen atoms in total. The molecule has 760 valence electrons. The molecule has 2 aliphatic rings. The number of hydrogen-bond donors (Lipinski definition) is 21. The van der Waals surface area contributed by atoms with Crippen molar-refractivity contribution in [2.75, 3.05) is 86.4 Å². The van der Waals surface area contributed by atoms with Gasteiger partial charge in [0, 0.05) is 101 Å². The summed E-state index contributed by atoms with van der Waals surface area (Å²) in [5.41, 5.74) is 13.3. The number of Topliss-reactive ketones (excluding diaryl/α,β-unsaturated/α-hetero) is 1. The molecule has 7 rings (SSSR count). The van der Waals surface area contributed by atoms with Crippen molar-refractivity contribution >= 4 is 111 Å². The second-order valence-corrected chi connectivity index (χ2v) is 35.2. The number of aromatic amines is 3. The lowest BCUT2D eigenvalue weighted by Gasteiger charge is -2.31. The van der Waals surface area contributed by atoms with Crippen LogP contribution in [0.5, 0.6) is 0 Å². The molecule has 15 amide bonds. The summed E-state index contributed by atoms with van der Waals surface area (Å²) in [5, 5.41) is 70.2. The van der Waals surface area contributed by atoms with Crippen molar-refractivity contribution in [3.63, 3.8) is 0 Å². The number of fused-ring (bicyclic) bond motifs is 2. The summed E-state index contributed by atoms with van der Waals surface area (Å²) in [6.45, 7) is 1.42. The number of hydrogen-bond acceptors (Lipinski definition) is 25. The summed E-state index contributed by atoms with van der Waals surface area (Å²) in [7, 11) is 3.17. The number of aromatic nitrogens is 7. The normalized spacial score (nSPS) is 18.2. The maximum absolute atomic E-state index is 15.4. The monoisotopic (exact) mass is 1930 g/mol. The third-order valence-electron chi connectivity index (χ3n) is 23.7. The molecule has 138 heavy (non-hydrogen) atoms. The van der Waals surface area contributed by atoms with Gasteiger partial charge in [0.1, 0.15) is 72.8 Å². The van der Waals surface area contributed by atoms with Gasteiger partial charge in [0.2, 0.25) is 88.6 Å². The maximum atomic E-state index is 15.4. The lowest BCUT2D eigenvalue weighted by molar-refractivity contribution is -0.143. The first-order valence-corrected chi connectivity index (χ1v) is 48.2. The van der Waals surface area contributed by atoms with Gasteiger partial charge in [-0.2, -0.15) is 0 Å². The number of likely N-dealkylation sites (N-methyl/N-ethyl adjacent to an activating group) is 1. The Morgan fingerprint density at radius 3 is 1.91 bits per heavy atom. The number of para-hydroxylation sites is 1. The number of aryl methyl sites for hydroxylation is 1. The van der Waals surface area contributed by atoms with Gasteiger partial charge in [0.25, 0.3) is 0 Å². The molecule has 0 saturated carbocycles. The molecular formula is C93H144N26O19. The van der Waals surface area contributed by atoms with E-state index in [4.69, 9.17) is 26.4 Å². The smallest absolute Gasteiger partial charge is 0.246 e. The van der Waals surface area contributed by atoms with E-state index in [0.717, 1.165) is 55.3 Å². The molecule has 2 saturated heterocycles. The van der Waals surface area contributed by atoms with Crippen LogP contribution in [-0.2, 0) is 112 Å². The molecule has 0 spiro atoms. The number of amides is 15. The lowest BCUT2D eigenvalue weighted by Crippen LogP contribution is -2.62. The summed E-state index contributed by atoms with van der Waals surface area (Å²) in [6, 6.07) is -0.0889. The molecule has 0 bridgehead atoms. The molecule has 23 N–H and O–H groups in total. The van der Waals surface area contributed by atoms with E-state index < -0.39 is 188 Å². The number of nitrogens with two attached hydrogens (primary N) is 2. The Balaban J connectivity index is 0.959. The van der Waals surface area contributed by atoms with Crippen molar-refractivity contribution in [3.8, 4) is 0 Å². The molecule has 5 aromatic rings. The maximum Gasteiger partial charge on any atom is 0.246 e. The van der Waals surface area contributed by atoms with E-state index in [1.807, 2.05) is 31.2 Å². The SMILES string of the molecule is CCCC[C@H](NC(=O)[C@H](CN(C)C)NC(=O)[C@H](Cc1c[nH]cn1)NC(=O)[C@H](CCC(N)=O)NC(=O)[C@H](CO)NC(=O)CNC(=O)COCCOCCNC(=O)CCCCCCCCCCCCCCCc1nnn[nH]1)C(=O)N[C@H]1CCC(=O)NCCCC[C@@H](C(C)=O)NC(=O)[C@H](Cc2c[nH]c3ccccc23)NC(=O)[C@H](CCCNC(=N)N)NC(=O)[C@@H](Cc2ccccc2)NC(=O)[C@@H]2CCCN2C1=O. The quantitative estimate of drug-likeness (QED) is 0.0128. The number of aliphatic hydroxyl groups excluding tert-OH is 1. The van der Waals surface area contributed by atoms with Crippen LogP contribution in [0.1, 0.15) is 216 Å². The van der Waals surface area contributed by atoms with E-state index in [9.17, 15) is 62.6 Å². The molecule has 2 aromatic carbocycles. The summed E-state index contributed by atoms with van der Waals surface area (Å²) in [6.07, 6.45) is 20.3. The second-order valence-electron chi connectivity index (χ2n) is 35.2. The van der Waals surface area contributed by atoms with Crippen molar-refractivity contribution in [1.29, 1.82) is 5.41 Å². The van der Waals surface area contributed by atoms with E-state index in [-0.39, 0.29) is 141 Å². The Morgan fingerprint density at radius 2 is 1.23 bits per heavy atom. The van der Waals surface area contributed by atoms with Crippen LogP contribution < -0.4 is 85.9 Å². The van der Waals surface area contributed by atoms with Crippen molar-refractivity contribution in [3.05, 3.63) is 96.0 Å². The molecular weight excluding hydrogens is 1790 g/mol. The highest BCUT2D eigenvalue weighted by Gasteiger charge is 2.42. The summed E-state index contributed by atoms with van der Waals surface area (Å²) < 4.78 is 10.9. The number of ketones is 1. The number of aliphatic hydroxyl groups is 1. The summed E-state index contributed by atoms with van der Waals surface area (Å²) in [5.74, 6) is -12.1. The number of unbranched alkanes of at least 4 members (excludes halogenated alkanes) is 13. The van der Waals surface area contributed by atoms with Crippen LogP contribution in [0.15, 0.2) is 73.3 Å². The Labute approximate surface area is 803 Å². The summed E-state index contributed by atoms with van der Waals surface area (Å²) >= 11 is 0. The zero-order chi connectivity index (χ0) is 99.9. The van der Waals surface area contributed by atoms with Crippen molar-refractivity contribution in [2.45, 2.75) is 286 Å². The Kier molecular flexibility index (Phi) is 51.0. The number of guanidine groups is 1. The molecule has 2 aliphatic heterocycles. The average molecular weight is 1930 g/mol. The van der Waals surface area contributed by atoms with Gasteiger partial charge < -0.3 is 120 Å². The standard InChI is InChI=1S/C93H144N26O19/c1-5-6-32-67(83(127)109-70-40-42-80(124)98-43-26-25-33-65(60(2)121)105-87(131)72(51-62-53-101-66-34-24-23-31-64(62)66)110-84(128)68(35-27-44-100-93(95)96)106-86(130)71(50-61-29-19-18-20-30-61)112-91(135)76-36-28-46-119(76)92(70)136)107-89(133)74(56-118(3)4)113-88(132)73(52-63-54-97-59-103-63)111-85(129)69(39-41-77(94)122)108-90(134)75(57-120)104-81(125)55-102-82(126)58-138-49-48-137-47-45-99-79(123)38-22-17-15-13-11-9-7-8-10-12-14-16-21-37-78-114-116-117-115-78/h18-20,23-24,29-31,34,53-54,59,65,67-76,101,120H,5-17,21-22,25-28,32-33,35-52,55-58H2,1-4H3,(H2,94,122)(H,97,103)(H,98,124)(H,99,123)(H,102,126)(H,104,125)(H,105,131)(H,106,130)(H,107,133)(H,108,134)(H,109,127)(H,110,128)(H,111,129)(H,112,135)(H,113,132)(H4,95,96,100)(H,114,115,116,117)/t65-,67-,68-,69-,70-,71+,72-,73-,74-,75-,76-/m0/s1. The molecule has 3 aromatic heterocycles. The highest BCUT2D eigenvalue weighted by atomic mass is 16.5. The van der Waals surface area contributed by atoms with E-state index in [1.54, 1.807) is 55.5 Å². The lowest BCUT2D eigenvalue weighted by atomic mass is 10.0. The molecule has 0 aliphatic carbocycles. The van der Waals surface area contributed by atoms with Crippen LogP contribution in [0.4, 0.5) is 0 Å². The fourth-order valence-electron chi connectivity index (χ4n) is 16.1. The van der Waals surface area contributed by atoms with Gasteiger partial charge >= 0.3 is 0 Å². The number of H-pyrrole nitrogens is 3. The Bertz CT molecular complexity index is 4680. The van der Waals surface area contributed by atoms with Gasteiger partial charge in [0.15, 0.2) is 11.7 Å². The minimum Gasteiger partial charge on any atom is -0.394 e. The number of carbonyl (C=O) groups excluding carboxylic acids is 16. The zero-order valence-corrected chi connectivity index (χ0v) is 79.8. The van der Waals surface area contributed by atoms with Crippen molar-refractivity contribution < 1.29 is 91.3 Å². The van der Waals surface area contributed by atoms with Crippen LogP contribution in [0.25, 0.3) is 10.9 Å². The third kappa shape index (κ3) is 42.4. The highest BCUT2D eigenvalue weighted by Crippen LogP contribution is 2.24. The number of rotatable bonds is 57. The van der Waals surface area contributed by atoms with Gasteiger partial charge in [-0.1, -0.05) is 139 Å². The third-order valence-corrected chi connectivity index (χ3v) is 23.7. The van der Waals surface area contributed by atoms with Crippen molar-refractivity contribution in [2.24, 2.45) is 11.5 Å². The zero-order valence-electron chi connectivity index (χ0n) is 79.8. The fourth-order valence-corrected chi connectivity index (χ4v) is 16.1. The second kappa shape index (κ2) is 62.8. The molecule has 11 atom stereocenters. The Hall–Kier alpha value is -12.9. The first kappa shape index (κ1) is 112. The van der Waals surface area contributed by atoms with Crippen LogP contribution in [0, 0.1) is 5.41 Å². The van der Waals surface area contributed by atoms with Gasteiger partial charge in [0.05, 0.1) is 51.0 Å². The van der Waals surface area contributed by atoms with Gasteiger partial charge in [-0.05, 0) is 126 Å². The van der Waals surface area contributed by atoms with Crippen LogP contribution in [0.3, 0.4) is 0 Å². The fraction of sp³-hybridized carbons (Fsp3) is 0.624. The van der Waals surface area contributed by atoms with Crippen LogP contribution >= 0.6 is 0 Å². The number of carbonyl (C=O) groups is 16. The molecule has 5 heterocycles. The Morgan fingerprint density at radius 1 is 0.601 bits per heavy atom. The molecule has 45 heteroatoms. The first-order valence-electron chi connectivity index (χ1n) is 48.2. The number of imidazole rings is 1. The minimum absolute atomic E-state index is 0.00209. The number of ether oxygens (including phenoxy) is 2. The minimum atomic E-state index is -1.74. The molecule has 2 fully saturated rings. The van der Waals surface area contributed by atoms with E-state index >= 15 is 19.2 Å². The topological polar surface area (TPSA) is 662 Å². The molecule has 0 unspecified atom stereocenters. The average Bonchev–Trinajstić information content (AvgIpc) is 1.57. The largest absolute Gasteiger partial charge is 0.394 e. The number of nitrogens with zero attached hydrogens (tertiary/aromatic N) is 6. The summed E-state index contributed by atoms with van der Waals surface area (Å²) in [4.78, 5) is 239. The number of nitrogens with one attached hydrogen (secondary N) is 18. The predicted molar refractivity (Wildman–Crippen MR) is 508 cm³/mol. The van der Waals surface area contributed by atoms with Crippen LogP contribution in [0.2, 0.25) is 0 Å². The first-order chi connectivity index (χ1) is 66.5. The van der Waals surface area contributed by atoms with Crippen LogP contribution in [-0.4, -0.2) is 304 Å². The van der Waals surface area contributed by atoms with E-state index in [1.165, 1.54) is 75.7 Å².